The molecule has 1 saturated heterocycles. The van der Waals surface area contributed by atoms with Crippen molar-refractivity contribution in [1.82, 2.24) is 9.80 Å². The molecule has 2 N–H and O–H groups in total. The molecule has 0 aliphatic carbocycles. The number of furan rings is 1. The Labute approximate surface area is 110 Å². The quantitative estimate of drug-likeness (QED) is 0.879. The smallest absolute Gasteiger partial charge is 0.105 e. The number of nitrogens with two attached hydrogens (primary N) is 1. The van der Waals surface area contributed by atoms with Gasteiger partial charge in [-0.1, -0.05) is 0 Å². The van der Waals surface area contributed by atoms with Gasteiger partial charge in [-0.3, -0.25) is 4.90 Å². The van der Waals surface area contributed by atoms with Crippen LogP contribution >= 0.6 is 0 Å². The summed E-state index contributed by atoms with van der Waals surface area (Å²) in [6.45, 7) is 5.88. The first-order chi connectivity index (χ1) is 8.57. The summed E-state index contributed by atoms with van der Waals surface area (Å²) in [4.78, 5) is 4.79. The lowest BCUT2D eigenvalue weighted by molar-refractivity contribution is 0.0394. The second-order valence-corrected chi connectivity index (χ2v) is 5.63. The van der Waals surface area contributed by atoms with Crippen LogP contribution < -0.4 is 5.73 Å². The average Bonchev–Trinajstić information content (AvgIpc) is 2.75. The zero-order valence-electron chi connectivity index (χ0n) is 11.8. The Balaban J connectivity index is 2.09. The molecule has 4 nitrogen and oxygen atoms in total. The fraction of sp³-hybridized carbons (Fsp3) is 0.714. The number of rotatable bonds is 4. The summed E-state index contributed by atoms with van der Waals surface area (Å²) in [5.74, 6) is 1.01. The Hall–Kier alpha value is -0.840. The van der Waals surface area contributed by atoms with E-state index in [1.165, 1.54) is 24.9 Å². The van der Waals surface area contributed by atoms with Crippen LogP contribution in [0.2, 0.25) is 0 Å². The van der Waals surface area contributed by atoms with Crippen molar-refractivity contribution in [2.24, 2.45) is 5.73 Å². The molecule has 1 atom stereocenters. The highest BCUT2D eigenvalue weighted by Gasteiger charge is 2.36. The third kappa shape index (κ3) is 2.60. The van der Waals surface area contributed by atoms with Crippen molar-refractivity contribution in [2.45, 2.75) is 31.8 Å². The van der Waals surface area contributed by atoms with Gasteiger partial charge in [-0.25, -0.2) is 0 Å². The van der Waals surface area contributed by atoms with E-state index in [1.807, 2.05) is 6.92 Å². The summed E-state index contributed by atoms with van der Waals surface area (Å²) in [7, 11) is 4.36. The highest BCUT2D eigenvalue weighted by Crippen LogP contribution is 2.27. The van der Waals surface area contributed by atoms with Crippen LogP contribution in [0.3, 0.4) is 0 Å². The van der Waals surface area contributed by atoms with E-state index >= 15 is 0 Å². The molecule has 4 heteroatoms. The van der Waals surface area contributed by atoms with E-state index in [9.17, 15) is 0 Å². The molecule has 1 aromatic rings. The predicted molar refractivity (Wildman–Crippen MR) is 73.4 cm³/mol. The van der Waals surface area contributed by atoms with Crippen molar-refractivity contribution in [1.29, 1.82) is 0 Å². The van der Waals surface area contributed by atoms with Crippen LogP contribution in [0.1, 0.15) is 24.2 Å². The van der Waals surface area contributed by atoms with Crippen LogP contribution in [0.4, 0.5) is 0 Å². The van der Waals surface area contributed by atoms with Gasteiger partial charge in [0.2, 0.25) is 0 Å². The van der Waals surface area contributed by atoms with Gasteiger partial charge in [0, 0.05) is 30.7 Å². The van der Waals surface area contributed by atoms with Gasteiger partial charge in [0.25, 0.3) is 0 Å². The van der Waals surface area contributed by atoms with Crippen LogP contribution in [0.15, 0.2) is 16.7 Å². The minimum Gasteiger partial charge on any atom is -0.469 e. The number of aryl methyl sites for hydroxylation is 1. The second kappa shape index (κ2) is 5.43. The summed E-state index contributed by atoms with van der Waals surface area (Å²) in [6, 6.07) is 2.06. The lowest BCUT2D eigenvalue weighted by Crippen LogP contribution is -2.60. The monoisotopic (exact) mass is 251 g/mol. The summed E-state index contributed by atoms with van der Waals surface area (Å²) in [5, 5.41) is 0. The third-order valence-electron chi connectivity index (χ3n) is 4.31. The van der Waals surface area contributed by atoms with Crippen LogP contribution in [-0.2, 0) is 6.54 Å². The molecular formula is C14H25N3O. The molecule has 1 aliphatic heterocycles. The normalized spacial score (nSPS) is 25.8. The zero-order chi connectivity index (χ0) is 13.2. The molecule has 0 aromatic carbocycles. The van der Waals surface area contributed by atoms with Gasteiger partial charge in [-0.05, 0) is 46.5 Å². The molecule has 1 aliphatic rings. The first-order valence-electron chi connectivity index (χ1n) is 6.70. The summed E-state index contributed by atoms with van der Waals surface area (Å²) in [6.07, 6.45) is 4.17. The molecule has 0 bridgehead atoms. The van der Waals surface area contributed by atoms with E-state index in [0.717, 1.165) is 18.8 Å². The number of likely N-dealkylation sites (N-methyl/N-ethyl adjacent to an activating group) is 2. The van der Waals surface area contributed by atoms with E-state index in [2.05, 4.69) is 30.0 Å². The van der Waals surface area contributed by atoms with Crippen LogP contribution in [0, 0.1) is 6.92 Å². The molecule has 1 fully saturated rings. The summed E-state index contributed by atoms with van der Waals surface area (Å²) < 4.78 is 5.37. The predicted octanol–water partition coefficient (Wildman–Crippen LogP) is 1.44. The van der Waals surface area contributed by atoms with Gasteiger partial charge in [-0.2, -0.15) is 0 Å². The van der Waals surface area contributed by atoms with Crippen molar-refractivity contribution in [3.05, 3.63) is 23.7 Å². The fourth-order valence-corrected chi connectivity index (χ4v) is 2.97. The van der Waals surface area contributed by atoms with Crippen molar-refractivity contribution in [2.75, 3.05) is 33.7 Å². The topological polar surface area (TPSA) is 45.6 Å². The molecule has 1 aromatic heterocycles. The SMILES string of the molecule is Cc1occc1CN(C)C1(CN)CCCN(C)C1. The Morgan fingerprint density at radius 3 is 2.89 bits per heavy atom. The molecule has 2 rings (SSSR count). The molecule has 102 valence electrons. The molecular weight excluding hydrogens is 226 g/mol. The third-order valence-corrected chi connectivity index (χ3v) is 4.31. The van der Waals surface area contributed by atoms with E-state index < -0.39 is 0 Å². The maximum absolute atomic E-state index is 6.08. The molecule has 0 spiro atoms. The van der Waals surface area contributed by atoms with Crippen LogP contribution in [0.5, 0.6) is 0 Å². The fourth-order valence-electron chi connectivity index (χ4n) is 2.97. The largest absolute Gasteiger partial charge is 0.469 e. The van der Waals surface area contributed by atoms with Gasteiger partial charge in [0.1, 0.15) is 5.76 Å². The lowest BCUT2D eigenvalue weighted by atomic mass is 9.87. The number of hydrogen-bond donors (Lipinski definition) is 1. The molecule has 0 saturated carbocycles. The first kappa shape index (κ1) is 13.6. The van der Waals surface area contributed by atoms with Gasteiger partial charge in [0.15, 0.2) is 0 Å². The molecule has 1 unspecified atom stereocenters. The van der Waals surface area contributed by atoms with Gasteiger partial charge >= 0.3 is 0 Å². The number of nitrogens with zero attached hydrogens (tertiary/aromatic N) is 2. The highest BCUT2D eigenvalue weighted by atomic mass is 16.3. The standard InChI is InChI=1S/C14H25N3O/c1-12-13(5-8-18-12)9-17(3)14(10-15)6-4-7-16(2)11-14/h5,8H,4,6-7,9-11,15H2,1-3H3. The van der Waals surface area contributed by atoms with E-state index in [4.69, 9.17) is 10.2 Å². The summed E-state index contributed by atoms with van der Waals surface area (Å²) in [5.41, 5.74) is 7.45. The Morgan fingerprint density at radius 1 is 1.56 bits per heavy atom. The number of likely N-dealkylation sites (tertiary alicyclic amines) is 1. The Morgan fingerprint density at radius 2 is 2.33 bits per heavy atom. The molecule has 0 amide bonds. The maximum Gasteiger partial charge on any atom is 0.105 e. The van der Waals surface area contributed by atoms with Crippen molar-refractivity contribution >= 4 is 0 Å². The summed E-state index contributed by atoms with van der Waals surface area (Å²) >= 11 is 0. The van der Waals surface area contributed by atoms with Crippen LogP contribution in [-0.4, -0.2) is 49.1 Å². The zero-order valence-corrected chi connectivity index (χ0v) is 11.8. The average molecular weight is 251 g/mol. The minimum atomic E-state index is 0.108. The molecule has 2 heterocycles. The number of piperidine rings is 1. The maximum atomic E-state index is 6.08. The minimum absolute atomic E-state index is 0.108. The lowest BCUT2D eigenvalue weighted by Gasteiger charge is -2.47. The van der Waals surface area contributed by atoms with E-state index in [0.29, 0.717) is 6.54 Å². The van der Waals surface area contributed by atoms with E-state index in [1.54, 1.807) is 6.26 Å². The van der Waals surface area contributed by atoms with Gasteiger partial charge in [-0.15, -0.1) is 0 Å². The Kier molecular flexibility index (Phi) is 4.10. The second-order valence-electron chi connectivity index (χ2n) is 5.63. The van der Waals surface area contributed by atoms with Crippen LogP contribution in [0.25, 0.3) is 0 Å². The molecule has 18 heavy (non-hydrogen) atoms. The van der Waals surface area contributed by atoms with Crippen molar-refractivity contribution in [3.63, 3.8) is 0 Å². The Bertz CT molecular complexity index is 390. The van der Waals surface area contributed by atoms with Gasteiger partial charge in [0.05, 0.1) is 6.26 Å². The van der Waals surface area contributed by atoms with Gasteiger partial charge < -0.3 is 15.1 Å². The van der Waals surface area contributed by atoms with Crippen molar-refractivity contribution in [3.8, 4) is 0 Å². The number of hydrogen-bond acceptors (Lipinski definition) is 4. The van der Waals surface area contributed by atoms with Crippen molar-refractivity contribution < 1.29 is 4.42 Å². The first-order valence-corrected chi connectivity index (χ1v) is 6.70. The molecule has 0 radical (unpaired) electrons. The van der Waals surface area contributed by atoms with E-state index in [-0.39, 0.29) is 5.54 Å². The highest BCUT2D eigenvalue weighted by molar-refractivity contribution is 5.16.